The van der Waals surface area contributed by atoms with Gasteiger partial charge in [-0.1, -0.05) is 50.1 Å². The lowest BCUT2D eigenvalue weighted by molar-refractivity contribution is 1.02. The van der Waals surface area contributed by atoms with Crippen molar-refractivity contribution < 1.29 is 0 Å². The van der Waals surface area contributed by atoms with Crippen molar-refractivity contribution in [3.8, 4) is 0 Å². The Hall–Kier alpha value is -3.66. The molecular weight excluding hydrogens is 356 g/mol. The molecule has 0 bridgehead atoms. The summed E-state index contributed by atoms with van der Waals surface area (Å²) in [6.45, 7) is 14.0. The normalized spacial score (nSPS) is 13.6. The SMILES string of the molecule is C=C(/C=C\C(=C/C)C(=C)Nc1cc2cc(C3=CN=CC3)ccc2cn1)C(=C)NC. The molecule has 2 N–H and O–H groups in total. The van der Waals surface area contributed by atoms with Crippen molar-refractivity contribution in [1.29, 1.82) is 0 Å². The monoisotopic (exact) mass is 382 g/mol. The molecule has 0 radical (unpaired) electrons. The van der Waals surface area contributed by atoms with Gasteiger partial charge in [0.25, 0.3) is 0 Å². The second-order valence-corrected chi connectivity index (χ2v) is 6.76. The van der Waals surface area contributed by atoms with E-state index in [-0.39, 0.29) is 0 Å². The van der Waals surface area contributed by atoms with Crippen molar-refractivity contribution in [2.24, 2.45) is 4.99 Å². The van der Waals surface area contributed by atoms with Crippen LogP contribution in [0.1, 0.15) is 18.9 Å². The van der Waals surface area contributed by atoms with Crippen molar-refractivity contribution in [3.05, 3.63) is 103 Å². The molecular formula is C25H26N4. The molecule has 0 unspecified atom stereocenters. The van der Waals surface area contributed by atoms with Gasteiger partial charge in [0.15, 0.2) is 0 Å². The molecule has 0 amide bonds. The van der Waals surface area contributed by atoms with Crippen LogP contribution in [0.15, 0.2) is 102 Å². The fourth-order valence-corrected chi connectivity index (χ4v) is 3.00. The van der Waals surface area contributed by atoms with Gasteiger partial charge >= 0.3 is 0 Å². The lowest BCUT2D eigenvalue weighted by atomic mass is 10.0. The van der Waals surface area contributed by atoms with E-state index >= 15 is 0 Å². The number of pyridine rings is 1. The maximum Gasteiger partial charge on any atom is 0.130 e. The highest BCUT2D eigenvalue weighted by Gasteiger charge is 2.07. The first kappa shape index (κ1) is 20.1. The van der Waals surface area contributed by atoms with Crippen LogP contribution < -0.4 is 10.6 Å². The van der Waals surface area contributed by atoms with Crippen molar-refractivity contribution >= 4 is 28.4 Å². The van der Waals surface area contributed by atoms with Crippen LogP contribution in [0.4, 0.5) is 5.82 Å². The Kier molecular flexibility index (Phi) is 6.25. The molecule has 1 aromatic heterocycles. The molecule has 2 heterocycles. The van der Waals surface area contributed by atoms with E-state index in [1.54, 1.807) is 0 Å². The predicted molar refractivity (Wildman–Crippen MR) is 126 cm³/mol. The average Bonchev–Trinajstić information content (AvgIpc) is 3.27. The molecule has 4 nitrogen and oxygen atoms in total. The van der Waals surface area contributed by atoms with Crippen LogP contribution in [0, 0.1) is 0 Å². The smallest absolute Gasteiger partial charge is 0.130 e. The summed E-state index contributed by atoms with van der Waals surface area (Å²) in [7, 11) is 1.82. The number of nitrogens with zero attached hydrogens (tertiary/aromatic N) is 2. The zero-order valence-corrected chi connectivity index (χ0v) is 17.0. The van der Waals surface area contributed by atoms with E-state index in [0.717, 1.165) is 45.6 Å². The third-order valence-corrected chi connectivity index (χ3v) is 4.83. The molecule has 0 saturated heterocycles. The van der Waals surface area contributed by atoms with Gasteiger partial charge in [0, 0.05) is 48.9 Å². The van der Waals surface area contributed by atoms with Gasteiger partial charge in [-0.25, -0.2) is 4.98 Å². The molecule has 1 aliphatic rings. The van der Waals surface area contributed by atoms with E-state index in [1.165, 1.54) is 11.1 Å². The van der Waals surface area contributed by atoms with Gasteiger partial charge in [0.05, 0.1) is 0 Å². The Morgan fingerprint density at radius 2 is 1.90 bits per heavy atom. The fraction of sp³-hybridized carbons (Fsp3) is 0.120. The third kappa shape index (κ3) is 4.79. The van der Waals surface area contributed by atoms with Crippen LogP contribution in [-0.4, -0.2) is 18.2 Å². The summed E-state index contributed by atoms with van der Waals surface area (Å²) in [6.07, 6.45) is 12.5. The molecule has 3 rings (SSSR count). The van der Waals surface area contributed by atoms with Gasteiger partial charge in [-0.2, -0.15) is 0 Å². The first-order valence-electron chi connectivity index (χ1n) is 9.49. The van der Waals surface area contributed by atoms with E-state index in [9.17, 15) is 0 Å². The fourth-order valence-electron chi connectivity index (χ4n) is 3.00. The van der Waals surface area contributed by atoms with E-state index in [0.29, 0.717) is 0 Å². The zero-order chi connectivity index (χ0) is 20.8. The van der Waals surface area contributed by atoms with Crippen LogP contribution in [0.3, 0.4) is 0 Å². The van der Waals surface area contributed by atoms with Gasteiger partial charge in [0.2, 0.25) is 0 Å². The molecule has 0 spiro atoms. The van der Waals surface area contributed by atoms with Crippen LogP contribution in [0.5, 0.6) is 0 Å². The molecule has 146 valence electrons. The molecule has 0 saturated carbocycles. The predicted octanol–water partition coefficient (Wildman–Crippen LogP) is 5.77. The number of benzene rings is 1. The first-order chi connectivity index (χ1) is 14.0. The number of likely N-dealkylation sites (N-methyl/N-ethyl adjacent to an activating group) is 1. The second kappa shape index (κ2) is 9.02. The molecule has 0 fully saturated rings. The minimum atomic E-state index is 0.752. The van der Waals surface area contributed by atoms with Crippen molar-refractivity contribution in [2.45, 2.75) is 13.3 Å². The Bertz CT molecular complexity index is 1100. The zero-order valence-electron chi connectivity index (χ0n) is 17.0. The van der Waals surface area contributed by atoms with E-state index < -0.39 is 0 Å². The molecule has 1 aliphatic heterocycles. The maximum absolute atomic E-state index is 4.52. The van der Waals surface area contributed by atoms with Crippen LogP contribution in [0.25, 0.3) is 16.3 Å². The summed E-state index contributed by atoms with van der Waals surface area (Å²) < 4.78 is 0. The van der Waals surface area contributed by atoms with Crippen molar-refractivity contribution in [3.63, 3.8) is 0 Å². The molecule has 0 aliphatic carbocycles. The number of aliphatic imine (C=N–C) groups is 1. The standard InChI is InChI=1S/C25H26N4/c1-6-20(8-7-17(2)18(3)26-5)19(4)29-25-14-24-13-21(23-11-12-27-15-23)9-10-22(24)16-28-25/h6-10,12-16,26H,2-4,11H2,1,5H3,(H,28,29)/b8-7-,20-6+. The molecule has 29 heavy (non-hydrogen) atoms. The molecule has 4 heteroatoms. The Morgan fingerprint density at radius 3 is 2.59 bits per heavy atom. The largest absolute Gasteiger partial charge is 0.388 e. The number of anilines is 1. The number of rotatable bonds is 8. The van der Waals surface area contributed by atoms with E-state index in [2.05, 4.69) is 58.5 Å². The number of allylic oxidation sites excluding steroid dienone is 4. The molecule has 1 aromatic carbocycles. The van der Waals surface area contributed by atoms with Gasteiger partial charge in [-0.05, 0) is 46.7 Å². The summed E-state index contributed by atoms with van der Waals surface area (Å²) in [6, 6.07) is 8.43. The van der Waals surface area contributed by atoms with E-state index in [1.807, 2.05) is 56.9 Å². The van der Waals surface area contributed by atoms with Crippen LogP contribution in [-0.2, 0) is 0 Å². The summed E-state index contributed by atoms with van der Waals surface area (Å²) >= 11 is 0. The first-order valence-corrected chi connectivity index (χ1v) is 9.49. The quantitative estimate of drug-likeness (QED) is 0.570. The number of fused-ring (bicyclic) bond motifs is 1. The number of aromatic nitrogens is 1. The second-order valence-electron chi connectivity index (χ2n) is 6.76. The molecule has 2 aromatic rings. The average molecular weight is 383 g/mol. The van der Waals surface area contributed by atoms with Crippen LogP contribution in [0.2, 0.25) is 0 Å². The minimum Gasteiger partial charge on any atom is -0.388 e. The van der Waals surface area contributed by atoms with Crippen molar-refractivity contribution in [2.75, 3.05) is 12.4 Å². The summed E-state index contributed by atoms with van der Waals surface area (Å²) in [4.78, 5) is 8.72. The van der Waals surface area contributed by atoms with Gasteiger partial charge in [-0.15, -0.1) is 0 Å². The topological polar surface area (TPSA) is 49.3 Å². The Balaban J connectivity index is 1.77. The lowest BCUT2D eigenvalue weighted by Gasteiger charge is -2.12. The Labute approximate surface area is 172 Å². The maximum atomic E-state index is 4.52. The highest BCUT2D eigenvalue weighted by atomic mass is 15.0. The van der Waals surface area contributed by atoms with Crippen molar-refractivity contribution in [1.82, 2.24) is 10.3 Å². The van der Waals surface area contributed by atoms with Gasteiger partial charge in [0.1, 0.15) is 5.82 Å². The number of nitrogens with one attached hydrogen (secondary N) is 2. The van der Waals surface area contributed by atoms with E-state index in [4.69, 9.17) is 0 Å². The van der Waals surface area contributed by atoms with Gasteiger partial charge in [-0.3, -0.25) is 4.99 Å². The Morgan fingerprint density at radius 1 is 1.07 bits per heavy atom. The summed E-state index contributed by atoms with van der Waals surface area (Å²) in [5, 5.41) is 8.52. The number of hydrogen-bond acceptors (Lipinski definition) is 4. The van der Waals surface area contributed by atoms with Crippen LogP contribution >= 0.6 is 0 Å². The minimum absolute atomic E-state index is 0.752. The summed E-state index contributed by atoms with van der Waals surface area (Å²) in [5.41, 5.74) is 5.74. The highest BCUT2D eigenvalue weighted by Crippen LogP contribution is 2.26. The molecule has 0 atom stereocenters. The third-order valence-electron chi connectivity index (χ3n) is 4.83. The lowest BCUT2D eigenvalue weighted by Crippen LogP contribution is -2.05. The number of hydrogen-bond donors (Lipinski definition) is 2. The van der Waals surface area contributed by atoms with Gasteiger partial charge < -0.3 is 10.6 Å². The highest BCUT2D eigenvalue weighted by molar-refractivity contribution is 5.91. The summed E-state index contributed by atoms with van der Waals surface area (Å²) in [5.74, 6) is 0.752.